The summed E-state index contributed by atoms with van der Waals surface area (Å²) in [4.78, 5) is 0. The number of rotatable bonds is 4. The lowest BCUT2D eigenvalue weighted by Gasteiger charge is -2.19. The second kappa shape index (κ2) is 6.19. The van der Waals surface area contributed by atoms with E-state index in [0.29, 0.717) is 12.0 Å². The maximum Gasteiger partial charge on any atom is 0.0509 e. The van der Waals surface area contributed by atoms with Crippen molar-refractivity contribution in [3.8, 4) is 0 Å². The van der Waals surface area contributed by atoms with Crippen molar-refractivity contribution in [2.45, 2.75) is 25.9 Å². The Morgan fingerprint density at radius 1 is 1.59 bits per heavy atom. The van der Waals surface area contributed by atoms with Crippen LogP contribution in [0.15, 0.2) is 22.7 Å². The van der Waals surface area contributed by atoms with Crippen LogP contribution in [0.4, 0.5) is 0 Å². The third-order valence-corrected chi connectivity index (χ3v) is 4.16. The fourth-order valence-electron chi connectivity index (χ4n) is 2.06. The SMILES string of the molecule is CC(NCc1cc(Br)ccc1Cl)C1CCOC1. The van der Waals surface area contributed by atoms with E-state index in [9.17, 15) is 0 Å². The first-order chi connectivity index (χ1) is 8.16. The summed E-state index contributed by atoms with van der Waals surface area (Å²) in [6, 6.07) is 6.41. The van der Waals surface area contributed by atoms with Crippen LogP contribution in [0.25, 0.3) is 0 Å². The zero-order chi connectivity index (χ0) is 12.3. The summed E-state index contributed by atoms with van der Waals surface area (Å²) in [6.07, 6.45) is 1.15. The lowest BCUT2D eigenvalue weighted by Crippen LogP contribution is -2.33. The summed E-state index contributed by atoms with van der Waals surface area (Å²) in [6.45, 7) is 4.79. The molecule has 1 N–H and O–H groups in total. The van der Waals surface area contributed by atoms with E-state index in [0.717, 1.165) is 41.2 Å². The number of ether oxygens (including phenoxy) is 1. The van der Waals surface area contributed by atoms with Crippen LogP contribution in [-0.4, -0.2) is 19.3 Å². The topological polar surface area (TPSA) is 21.3 Å². The van der Waals surface area contributed by atoms with Crippen LogP contribution in [0.3, 0.4) is 0 Å². The Bertz CT molecular complexity index is 380. The summed E-state index contributed by atoms with van der Waals surface area (Å²) in [5.74, 6) is 0.626. The monoisotopic (exact) mass is 317 g/mol. The van der Waals surface area contributed by atoms with Crippen molar-refractivity contribution in [3.05, 3.63) is 33.3 Å². The predicted octanol–water partition coefficient (Wildman–Crippen LogP) is 3.62. The average molecular weight is 319 g/mol. The molecule has 0 saturated carbocycles. The van der Waals surface area contributed by atoms with Crippen molar-refractivity contribution in [2.24, 2.45) is 5.92 Å². The lowest BCUT2D eigenvalue weighted by atomic mass is 10.0. The molecule has 0 spiro atoms. The molecule has 1 aliphatic heterocycles. The van der Waals surface area contributed by atoms with E-state index in [1.165, 1.54) is 0 Å². The first-order valence-corrected chi connectivity index (χ1v) is 7.09. The molecular weight excluding hydrogens is 302 g/mol. The highest BCUT2D eigenvalue weighted by molar-refractivity contribution is 9.10. The number of nitrogens with one attached hydrogen (secondary N) is 1. The van der Waals surface area contributed by atoms with Crippen molar-refractivity contribution >= 4 is 27.5 Å². The standard InChI is InChI=1S/C13H17BrClNO/c1-9(10-4-5-17-8-10)16-7-11-6-12(14)2-3-13(11)15/h2-3,6,9-10,16H,4-5,7-8H2,1H3. The molecular formula is C13H17BrClNO. The van der Waals surface area contributed by atoms with Crippen molar-refractivity contribution in [3.63, 3.8) is 0 Å². The van der Waals surface area contributed by atoms with E-state index in [-0.39, 0.29) is 0 Å². The maximum absolute atomic E-state index is 6.15. The molecule has 2 nitrogen and oxygen atoms in total. The minimum atomic E-state index is 0.465. The Labute approximate surface area is 116 Å². The van der Waals surface area contributed by atoms with Crippen LogP contribution >= 0.6 is 27.5 Å². The molecule has 17 heavy (non-hydrogen) atoms. The fraction of sp³-hybridized carbons (Fsp3) is 0.538. The van der Waals surface area contributed by atoms with Gasteiger partial charge in [0.25, 0.3) is 0 Å². The van der Waals surface area contributed by atoms with Gasteiger partial charge in [-0.2, -0.15) is 0 Å². The zero-order valence-corrected chi connectivity index (χ0v) is 12.2. The summed E-state index contributed by atoms with van der Waals surface area (Å²) in [5, 5.41) is 4.34. The summed E-state index contributed by atoms with van der Waals surface area (Å²) in [7, 11) is 0. The Hall–Kier alpha value is -0.0900. The Kier molecular flexibility index (Phi) is 4.86. The van der Waals surface area contributed by atoms with Gasteiger partial charge in [-0.05, 0) is 43.0 Å². The fourth-order valence-corrected chi connectivity index (χ4v) is 2.66. The first-order valence-electron chi connectivity index (χ1n) is 5.92. The Morgan fingerprint density at radius 2 is 2.41 bits per heavy atom. The molecule has 2 rings (SSSR count). The van der Waals surface area contributed by atoms with Crippen LogP contribution in [0.2, 0.25) is 5.02 Å². The second-order valence-electron chi connectivity index (χ2n) is 4.53. The van der Waals surface area contributed by atoms with Crippen molar-refractivity contribution in [2.75, 3.05) is 13.2 Å². The van der Waals surface area contributed by atoms with Gasteiger partial charge in [-0.25, -0.2) is 0 Å². The van der Waals surface area contributed by atoms with Gasteiger partial charge in [0.15, 0.2) is 0 Å². The molecule has 0 aliphatic carbocycles. The van der Waals surface area contributed by atoms with Gasteiger partial charge < -0.3 is 10.1 Å². The van der Waals surface area contributed by atoms with Gasteiger partial charge in [0.1, 0.15) is 0 Å². The molecule has 1 aliphatic rings. The first kappa shape index (κ1) is 13.3. The van der Waals surface area contributed by atoms with Crippen LogP contribution in [0.1, 0.15) is 18.9 Å². The summed E-state index contributed by atoms with van der Waals surface area (Å²) < 4.78 is 6.46. The molecule has 2 atom stereocenters. The Balaban J connectivity index is 1.90. The van der Waals surface area contributed by atoms with E-state index in [1.807, 2.05) is 12.1 Å². The van der Waals surface area contributed by atoms with Crippen LogP contribution in [0.5, 0.6) is 0 Å². The van der Waals surface area contributed by atoms with Crippen molar-refractivity contribution < 1.29 is 4.74 Å². The van der Waals surface area contributed by atoms with Gasteiger partial charge >= 0.3 is 0 Å². The van der Waals surface area contributed by atoms with Gasteiger partial charge in [0.05, 0.1) is 6.61 Å². The van der Waals surface area contributed by atoms with Gasteiger partial charge in [0, 0.05) is 28.7 Å². The minimum absolute atomic E-state index is 0.465. The van der Waals surface area contributed by atoms with Gasteiger partial charge in [-0.3, -0.25) is 0 Å². The third kappa shape index (κ3) is 3.68. The number of hydrogen-bond donors (Lipinski definition) is 1. The predicted molar refractivity (Wildman–Crippen MR) is 74.4 cm³/mol. The third-order valence-electron chi connectivity index (χ3n) is 3.29. The van der Waals surface area contributed by atoms with E-state index >= 15 is 0 Å². The molecule has 0 bridgehead atoms. The molecule has 2 unspecified atom stereocenters. The van der Waals surface area contributed by atoms with Gasteiger partial charge in [-0.15, -0.1) is 0 Å². The minimum Gasteiger partial charge on any atom is -0.381 e. The molecule has 1 fully saturated rings. The highest BCUT2D eigenvalue weighted by atomic mass is 79.9. The Morgan fingerprint density at radius 3 is 3.12 bits per heavy atom. The molecule has 1 aromatic carbocycles. The van der Waals surface area contributed by atoms with Crippen molar-refractivity contribution in [1.82, 2.24) is 5.32 Å². The lowest BCUT2D eigenvalue weighted by molar-refractivity contribution is 0.178. The molecule has 0 amide bonds. The van der Waals surface area contributed by atoms with Crippen LogP contribution in [-0.2, 0) is 11.3 Å². The molecule has 1 saturated heterocycles. The zero-order valence-electron chi connectivity index (χ0n) is 9.88. The van der Waals surface area contributed by atoms with Crippen molar-refractivity contribution in [1.29, 1.82) is 0 Å². The van der Waals surface area contributed by atoms with E-state index in [2.05, 4.69) is 34.2 Å². The largest absolute Gasteiger partial charge is 0.381 e. The number of benzene rings is 1. The van der Waals surface area contributed by atoms with Gasteiger partial charge in [-0.1, -0.05) is 27.5 Å². The molecule has 0 aromatic heterocycles. The quantitative estimate of drug-likeness (QED) is 0.915. The smallest absolute Gasteiger partial charge is 0.0509 e. The summed E-state index contributed by atoms with van der Waals surface area (Å²) in [5.41, 5.74) is 1.13. The van der Waals surface area contributed by atoms with E-state index < -0.39 is 0 Å². The molecule has 1 heterocycles. The van der Waals surface area contributed by atoms with Crippen LogP contribution in [0, 0.1) is 5.92 Å². The van der Waals surface area contributed by atoms with Gasteiger partial charge in [0.2, 0.25) is 0 Å². The van der Waals surface area contributed by atoms with Crippen LogP contribution < -0.4 is 5.32 Å². The highest BCUT2D eigenvalue weighted by Gasteiger charge is 2.21. The molecule has 4 heteroatoms. The normalized spacial score (nSPS) is 21.7. The summed E-state index contributed by atoms with van der Waals surface area (Å²) >= 11 is 9.62. The van der Waals surface area contributed by atoms with E-state index in [4.69, 9.17) is 16.3 Å². The number of hydrogen-bond acceptors (Lipinski definition) is 2. The van der Waals surface area contributed by atoms with E-state index in [1.54, 1.807) is 0 Å². The molecule has 0 radical (unpaired) electrons. The number of halogens is 2. The average Bonchev–Trinajstić information content (AvgIpc) is 2.83. The highest BCUT2D eigenvalue weighted by Crippen LogP contribution is 2.22. The molecule has 1 aromatic rings. The molecule has 94 valence electrons. The maximum atomic E-state index is 6.15. The second-order valence-corrected chi connectivity index (χ2v) is 5.85.